The lowest BCUT2D eigenvalue weighted by atomic mass is 10.0. The van der Waals surface area contributed by atoms with Crippen LogP contribution < -0.4 is 20.9 Å². The first kappa shape index (κ1) is 37.0. The Morgan fingerprint density at radius 2 is 1.65 bits per heavy atom. The predicted molar refractivity (Wildman–Crippen MR) is 200 cm³/mol. The van der Waals surface area contributed by atoms with Gasteiger partial charge in [0.25, 0.3) is 0 Å². The van der Waals surface area contributed by atoms with E-state index in [1.54, 1.807) is 54.6 Å². The van der Waals surface area contributed by atoms with Gasteiger partial charge in [-0.2, -0.15) is 4.68 Å². The number of fused-ring (bicyclic) bond motifs is 1. The number of aromatic amines is 1. The van der Waals surface area contributed by atoms with Gasteiger partial charge in [0.05, 0.1) is 22.9 Å². The SMILES string of the molecule is O=C(Nc1ccc(CC(C(=O)Nc2ccc3[nH]c(C(=O)O)cc3c2)N2CCN(c3cc(Cl)ccc3-n3cnnn3)C(=O)C2=O)cc1)NC1CCS(=O)(=O)CC1. The van der Waals surface area contributed by atoms with Crippen LogP contribution in [0.4, 0.5) is 21.9 Å². The van der Waals surface area contributed by atoms with E-state index in [9.17, 15) is 37.5 Å². The molecular weight excluding hydrogens is 756 g/mol. The van der Waals surface area contributed by atoms with E-state index in [4.69, 9.17) is 11.6 Å². The Labute approximate surface area is 317 Å². The van der Waals surface area contributed by atoms with E-state index in [0.29, 0.717) is 57.1 Å². The fourth-order valence-corrected chi connectivity index (χ4v) is 8.24. The molecule has 0 saturated carbocycles. The number of nitrogens with one attached hydrogen (secondary N) is 4. The second-order valence-electron chi connectivity index (χ2n) is 13.1. The van der Waals surface area contributed by atoms with Crippen molar-refractivity contribution in [1.29, 1.82) is 0 Å². The number of urea groups is 1. The number of anilines is 3. The van der Waals surface area contributed by atoms with Crippen LogP contribution in [0.5, 0.6) is 0 Å². The molecule has 0 spiro atoms. The molecule has 2 aromatic heterocycles. The van der Waals surface area contributed by atoms with E-state index in [1.165, 1.54) is 32.9 Å². The number of carbonyl (C=O) groups excluding carboxylic acids is 4. The molecule has 1 atom stereocenters. The van der Waals surface area contributed by atoms with Gasteiger partial charge < -0.3 is 35.8 Å². The standard InChI is InChI=1S/C35H33ClN10O8S/c36-22-3-8-28(46-19-37-42-43-46)29(18-22)44-11-12-45(33(49)32(44)48)30(31(47)38-25-6-7-26-21(16-25)17-27(41-26)34(50)51)15-20-1-4-23(5-2-20)39-35(52)40-24-9-13-55(53,54)14-10-24/h1-8,16-19,24,30,41H,9-15H2,(H,38,47)(H,50,51)(H2,39,40,52). The van der Waals surface area contributed by atoms with Gasteiger partial charge in [-0.3, -0.25) is 14.4 Å². The Hall–Kier alpha value is -6.34. The van der Waals surface area contributed by atoms with E-state index < -0.39 is 45.6 Å². The molecule has 5 N–H and O–H groups in total. The van der Waals surface area contributed by atoms with Crippen LogP contribution in [-0.2, 0) is 30.6 Å². The Kier molecular flexibility index (Phi) is 10.2. The minimum Gasteiger partial charge on any atom is -0.477 e. The van der Waals surface area contributed by atoms with E-state index >= 15 is 0 Å². The van der Waals surface area contributed by atoms with Crippen LogP contribution in [0.1, 0.15) is 28.9 Å². The molecule has 5 aromatic rings. The highest BCUT2D eigenvalue weighted by molar-refractivity contribution is 7.91. The van der Waals surface area contributed by atoms with E-state index in [-0.39, 0.29) is 42.8 Å². The maximum atomic E-state index is 14.1. The van der Waals surface area contributed by atoms with Crippen LogP contribution in [0.15, 0.2) is 73.1 Å². The Balaban J connectivity index is 1.11. The number of piperazine rings is 1. The molecule has 7 rings (SSSR count). The number of benzene rings is 3. The smallest absolute Gasteiger partial charge is 0.352 e. The van der Waals surface area contributed by atoms with E-state index in [1.807, 2.05) is 0 Å². The molecule has 18 nitrogen and oxygen atoms in total. The van der Waals surface area contributed by atoms with Crippen molar-refractivity contribution >= 4 is 79.1 Å². The third-order valence-corrected chi connectivity index (χ3v) is 11.4. The molecule has 2 saturated heterocycles. The summed E-state index contributed by atoms with van der Waals surface area (Å²) in [7, 11) is -3.08. The number of rotatable bonds is 10. The summed E-state index contributed by atoms with van der Waals surface area (Å²) < 4.78 is 24.8. The monoisotopic (exact) mass is 788 g/mol. The molecule has 4 heterocycles. The number of sulfone groups is 1. The van der Waals surface area contributed by atoms with Crippen LogP contribution >= 0.6 is 11.6 Å². The first-order chi connectivity index (χ1) is 26.3. The van der Waals surface area contributed by atoms with Gasteiger partial charge in [0.2, 0.25) is 5.91 Å². The third-order valence-electron chi connectivity index (χ3n) is 9.41. The normalized spacial score (nSPS) is 16.5. The van der Waals surface area contributed by atoms with Crippen LogP contribution in [0.25, 0.3) is 16.6 Å². The summed E-state index contributed by atoms with van der Waals surface area (Å²) in [5.41, 5.74) is 2.59. The molecule has 2 aliphatic rings. The number of amides is 5. The van der Waals surface area contributed by atoms with Crippen molar-refractivity contribution in [2.75, 3.05) is 40.1 Å². The maximum absolute atomic E-state index is 14.1. The number of tetrazole rings is 1. The topological polar surface area (TPSA) is 242 Å². The van der Waals surface area contributed by atoms with Gasteiger partial charge in [0.15, 0.2) is 0 Å². The second kappa shape index (κ2) is 15.2. The summed E-state index contributed by atoms with van der Waals surface area (Å²) in [5, 5.41) is 29.8. The lowest BCUT2D eigenvalue weighted by molar-refractivity contribution is -0.149. The number of halogens is 1. The van der Waals surface area contributed by atoms with Crippen molar-refractivity contribution in [3.63, 3.8) is 0 Å². The Bertz CT molecular complexity index is 2410. The molecular formula is C35H33ClN10O8S. The average molecular weight is 789 g/mol. The van der Waals surface area contributed by atoms with Gasteiger partial charge in [0, 0.05) is 52.9 Å². The van der Waals surface area contributed by atoms with E-state index in [0.717, 1.165) is 0 Å². The fraction of sp³-hybridized carbons (Fsp3) is 0.257. The number of carbonyl (C=O) groups is 5. The second-order valence-corrected chi connectivity index (χ2v) is 15.8. The molecule has 1 unspecified atom stereocenters. The molecule has 3 aromatic carbocycles. The van der Waals surface area contributed by atoms with Gasteiger partial charge in [-0.05, 0) is 83.4 Å². The maximum Gasteiger partial charge on any atom is 0.352 e. The van der Waals surface area contributed by atoms with Crippen molar-refractivity contribution in [3.05, 3.63) is 89.3 Å². The lowest BCUT2D eigenvalue weighted by Crippen LogP contribution is -2.60. The average Bonchev–Trinajstić information content (AvgIpc) is 3.85. The zero-order chi connectivity index (χ0) is 38.9. The summed E-state index contributed by atoms with van der Waals surface area (Å²) >= 11 is 6.29. The first-order valence-electron chi connectivity index (χ1n) is 17.0. The summed E-state index contributed by atoms with van der Waals surface area (Å²) in [4.78, 5) is 71.2. The molecule has 20 heteroatoms. The number of hydrogen-bond acceptors (Lipinski definition) is 10. The molecule has 0 bridgehead atoms. The van der Waals surface area contributed by atoms with Gasteiger partial charge >= 0.3 is 23.8 Å². The number of carboxylic acids is 1. The number of aromatic nitrogens is 5. The van der Waals surface area contributed by atoms with Crippen LogP contribution in [-0.4, -0.2) is 110 Å². The van der Waals surface area contributed by atoms with Gasteiger partial charge in [-0.1, -0.05) is 23.7 Å². The van der Waals surface area contributed by atoms with Crippen LogP contribution in [0, 0.1) is 0 Å². The Morgan fingerprint density at radius 3 is 2.36 bits per heavy atom. The molecule has 0 aliphatic carbocycles. The molecule has 2 fully saturated rings. The summed E-state index contributed by atoms with van der Waals surface area (Å²) in [6.45, 7) is -0.0344. The number of nitrogens with zero attached hydrogens (tertiary/aromatic N) is 6. The highest BCUT2D eigenvalue weighted by Gasteiger charge is 2.41. The zero-order valence-corrected chi connectivity index (χ0v) is 30.4. The highest BCUT2D eigenvalue weighted by atomic mass is 35.5. The Morgan fingerprint density at radius 1 is 0.909 bits per heavy atom. The lowest BCUT2D eigenvalue weighted by Gasteiger charge is -2.38. The minimum atomic E-state index is -3.08. The molecule has 2 aliphatic heterocycles. The summed E-state index contributed by atoms with van der Waals surface area (Å²) in [6.07, 6.45) is 1.98. The van der Waals surface area contributed by atoms with Crippen molar-refractivity contribution < 1.29 is 37.5 Å². The van der Waals surface area contributed by atoms with Gasteiger partial charge in [-0.15, -0.1) is 5.10 Å². The molecule has 284 valence electrons. The number of carboxylic acid groups (broad SMARTS) is 1. The van der Waals surface area contributed by atoms with Crippen molar-refractivity contribution in [1.82, 2.24) is 35.4 Å². The largest absolute Gasteiger partial charge is 0.477 e. The van der Waals surface area contributed by atoms with E-state index in [2.05, 4.69) is 36.5 Å². The number of aromatic carboxylic acids is 1. The molecule has 5 amide bonds. The minimum absolute atomic E-state index is 0.00197. The highest BCUT2D eigenvalue weighted by Crippen LogP contribution is 2.30. The first-order valence-corrected chi connectivity index (χ1v) is 19.2. The molecule has 0 radical (unpaired) electrons. The number of H-pyrrole nitrogens is 1. The van der Waals surface area contributed by atoms with Crippen molar-refractivity contribution in [2.24, 2.45) is 0 Å². The fourth-order valence-electron chi connectivity index (χ4n) is 6.58. The quantitative estimate of drug-likeness (QED) is 0.129. The zero-order valence-electron chi connectivity index (χ0n) is 28.8. The van der Waals surface area contributed by atoms with Crippen LogP contribution in [0.3, 0.4) is 0 Å². The van der Waals surface area contributed by atoms with Crippen molar-refractivity contribution in [2.45, 2.75) is 31.3 Å². The summed E-state index contributed by atoms with van der Waals surface area (Å²) in [5.74, 6) is -3.56. The van der Waals surface area contributed by atoms with Crippen LogP contribution in [0.2, 0.25) is 5.02 Å². The van der Waals surface area contributed by atoms with Gasteiger partial charge in [0.1, 0.15) is 27.9 Å². The molecule has 55 heavy (non-hydrogen) atoms. The predicted octanol–water partition coefficient (Wildman–Crippen LogP) is 2.62. The van der Waals surface area contributed by atoms with Gasteiger partial charge in [-0.25, -0.2) is 18.0 Å². The summed E-state index contributed by atoms with van der Waals surface area (Å²) in [6, 6.07) is 15.6. The number of hydrogen-bond donors (Lipinski definition) is 5. The third kappa shape index (κ3) is 8.26. The van der Waals surface area contributed by atoms with Crippen molar-refractivity contribution in [3.8, 4) is 5.69 Å².